The standard InChI is InChI=1S/C25H22BrNO5/c1-3-15-6-8-16(9-7-15)22-21(23(28)17-10-11-20(31-2)19(26)13-17)24(29)25(30)27(22)14-18-5-4-12-32-18/h4-13,22,28H,3,14H2,1-2H3/b23-21-. The van der Waals surface area contributed by atoms with Gasteiger partial charge in [-0.15, -0.1) is 0 Å². The molecule has 1 unspecified atom stereocenters. The average molecular weight is 496 g/mol. The van der Waals surface area contributed by atoms with Crippen LogP contribution in [0.5, 0.6) is 5.75 Å². The number of hydrogen-bond donors (Lipinski definition) is 1. The molecule has 1 saturated heterocycles. The smallest absolute Gasteiger partial charge is 0.296 e. The minimum absolute atomic E-state index is 0.0443. The van der Waals surface area contributed by atoms with Crippen molar-refractivity contribution < 1.29 is 23.8 Å². The van der Waals surface area contributed by atoms with Crippen molar-refractivity contribution in [1.82, 2.24) is 4.90 Å². The third-order valence-electron chi connectivity index (χ3n) is 5.58. The Morgan fingerprint density at radius 3 is 2.50 bits per heavy atom. The number of carbonyl (C=O) groups is 2. The van der Waals surface area contributed by atoms with E-state index in [0.717, 1.165) is 17.5 Å². The lowest BCUT2D eigenvalue weighted by Gasteiger charge is -2.24. The minimum atomic E-state index is -0.744. The van der Waals surface area contributed by atoms with Gasteiger partial charge in [-0.05, 0) is 63.8 Å². The number of amides is 1. The summed E-state index contributed by atoms with van der Waals surface area (Å²) in [5, 5.41) is 11.2. The number of likely N-dealkylation sites (tertiary alicyclic amines) is 1. The number of rotatable bonds is 6. The number of hydrogen-bond acceptors (Lipinski definition) is 5. The van der Waals surface area contributed by atoms with Gasteiger partial charge in [0.15, 0.2) is 0 Å². The SMILES string of the molecule is CCc1ccc(C2/C(=C(/O)c3ccc(OC)c(Br)c3)C(=O)C(=O)N2Cc2ccco2)cc1. The first-order chi connectivity index (χ1) is 15.4. The highest BCUT2D eigenvalue weighted by Crippen LogP contribution is 2.41. The molecule has 7 heteroatoms. The first kappa shape index (κ1) is 21.9. The predicted octanol–water partition coefficient (Wildman–Crippen LogP) is 5.24. The third-order valence-corrected chi connectivity index (χ3v) is 6.19. The lowest BCUT2D eigenvalue weighted by molar-refractivity contribution is -0.140. The number of aliphatic hydroxyl groups excluding tert-OH is 1. The van der Waals surface area contributed by atoms with Gasteiger partial charge in [0, 0.05) is 5.56 Å². The number of carbonyl (C=O) groups excluding carboxylic acids is 2. The number of Topliss-reactive ketones (excluding diaryl/α,β-unsaturated/α-hetero) is 1. The molecule has 0 saturated carbocycles. The van der Waals surface area contributed by atoms with E-state index >= 15 is 0 Å². The van der Waals surface area contributed by atoms with Gasteiger partial charge in [0.1, 0.15) is 17.3 Å². The van der Waals surface area contributed by atoms with Crippen LogP contribution >= 0.6 is 15.9 Å². The van der Waals surface area contributed by atoms with E-state index in [0.29, 0.717) is 21.5 Å². The molecule has 6 nitrogen and oxygen atoms in total. The number of nitrogens with zero attached hydrogens (tertiary/aromatic N) is 1. The second-order valence-corrected chi connectivity index (χ2v) is 8.31. The van der Waals surface area contributed by atoms with Gasteiger partial charge < -0.3 is 19.2 Å². The number of aryl methyl sites for hydroxylation is 1. The monoisotopic (exact) mass is 495 g/mol. The van der Waals surface area contributed by atoms with E-state index in [9.17, 15) is 14.7 Å². The number of halogens is 1. The summed E-state index contributed by atoms with van der Waals surface area (Å²) >= 11 is 3.41. The molecule has 2 aromatic carbocycles. The van der Waals surface area contributed by atoms with Crippen molar-refractivity contribution in [3.8, 4) is 5.75 Å². The van der Waals surface area contributed by atoms with E-state index in [2.05, 4.69) is 22.9 Å². The van der Waals surface area contributed by atoms with Gasteiger partial charge in [0.25, 0.3) is 11.7 Å². The van der Waals surface area contributed by atoms with Crippen LogP contribution in [0.25, 0.3) is 5.76 Å². The Bertz CT molecular complexity index is 1180. The minimum Gasteiger partial charge on any atom is -0.507 e. The van der Waals surface area contributed by atoms with Gasteiger partial charge in [-0.2, -0.15) is 0 Å². The van der Waals surface area contributed by atoms with Crippen LogP contribution < -0.4 is 4.74 Å². The predicted molar refractivity (Wildman–Crippen MR) is 123 cm³/mol. The van der Waals surface area contributed by atoms with E-state index in [1.807, 2.05) is 24.3 Å². The highest BCUT2D eigenvalue weighted by Gasteiger charge is 2.46. The Balaban J connectivity index is 1.85. The fourth-order valence-electron chi connectivity index (χ4n) is 3.86. The Morgan fingerprint density at radius 1 is 1.16 bits per heavy atom. The van der Waals surface area contributed by atoms with Crippen LogP contribution in [0.4, 0.5) is 0 Å². The van der Waals surface area contributed by atoms with Gasteiger partial charge >= 0.3 is 0 Å². The summed E-state index contributed by atoms with van der Waals surface area (Å²) in [5.74, 6) is -0.510. The van der Waals surface area contributed by atoms with Crippen LogP contribution in [0, 0.1) is 0 Å². The maximum absolute atomic E-state index is 13.1. The van der Waals surface area contributed by atoms with Gasteiger partial charge in [0.2, 0.25) is 0 Å². The van der Waals surface area contributed by atoms with Crippen molar-refractivity contribution in [2.75, 3.05) is 7.11 Å². The fraction of sp³-hybridized carbons (Fsp3) is 0.200. The van der Waals surface area contributed by atoms with Gasteiger partial charge in [0.05, 0.1) is 36.0 Å². The van der Waals surface area contributed by atoms with E-state index in [4.69, 9.17) is 9.15 Å². The third kappa shape index (κ3) is 3.96. The van der Waals surface area contributed by atoms with E-state index in [1.165, 1.54) is 11.2 Å². The zero-order valence-electron chi connectivity index (χ0n) is 17.7. The first-order valence-corrected chi connectivity index (χ1v) is 11.0. The molecule has 1 fully saturated rings. The first-order valence-electron chi connectivity index (χ1n) is 10.2. The van der Waals surface area contributed by atoms with Crippen molar-refractivity contribution in [2.45, 2.75) is 25.9 Å². The summed E-state index contributed by atoms with van der Waals surface area (Å²) in [7, 11) is 1.54. The highest BCUT2D eigenvalue weighted by molar-refractivity contribution is 9.10. The Hall–Kier alpha value is -3.32. The van der Waals surface area contributed by atoms with Crippen LogP contribution in [-0.2, 0) is 22.6 Å². The van der Waals surface area contributed by atoms with E-state index in [-0.39, 0.29) is 17.9 Å². The molecule has 0 aliphatic carbocycles. The molecule has 0 radical (unpaired) electrons. The van der Waals surface area contributed by atoms with Gasteiger partial charge in [-0.1, -0.05) is 31.2 Å². The fourth-order valence-corrected chi connectivity index (χ4v) is 4.41. The van der Waals surface area contributed by atoms with Crippen LogP contribution in [0.2, 0.25) is 0 Å². The molecule has 32 heavy (non-hydrogen) atoms. The molecule has 1 aromatic heterocycles. The molecule has 164 valence electrons. The Morgan fingerprint density at radius 2 is 1.91 bits per heavy atom. The largest absolute Gasteiger partial charge is 0.507 e. The zero-order valence-corrected chi connectivity index (χ0v) is 19.3. The summed E-state index contributed by atoms with van der Waals surface area (Å²) in [4.78, 5) is 27.5. The molecule has 0 spiro atoms. The van der Waals surface area contributed by atoms with Gasteiger partial charge in [-0.3, -0.25) is 9.59 Å². The lowest BCUT2D eigenvalue weighted by atomic mass is 9.94. The van der Waals surface area contributed by atoms with Crippen molar-refractivity contribution in [2.24, 2.45) is 0 Å². The van der Waals surface area contributed by atoms with Crippen molar-refractivity contribution in [3.63, 3.8) is 0 Å². The summed E-state index contributed by atoms with van der Waals surface area (Å²) in [6.45, 7) is 2.17. The molecule has 1 amide bonds. The maximum Gasteiger partial charge on any atom is 0.296 e. The van der Waals surface area contributed by atoms with Crippen LogP contribution in [0.1, 0.15) is 35.4 Å². The number of benzene rings is 2. The summed E-state index contributed by atoms with van der Waals surface area (Å²) in [6, 6.07) is 15.4. The lowest BCUT2D eigenvalue weighted by Crippen LogP contribution is -2.29. The number of furan rings is 1. The average Bonchev–Trinajstić information content (AvgIpc) is 3.41. The molecule has 0 bridgehead atoms. The Kier molecular flexibility index (Phi) is 6.19. The summed E-state index contributed by atoms with van der Waals surface area (Å²) in [5.41, 5.74) is 2.32. The molecule has 2 heterocycles. The summed E-state index contributed by atoms with van der Waals surface area (Å²) in [6.07, 6.45) is 2.39. The van der Waals surface area contributed by atoms with Crippen LogP contribution in [0.15, 0.2) is 75.3 Å². The van der Waals surface area contributed by atoms with E-state index in [1.54, 1.807) is 37.4 Å². The topological polar surface area (TPSA) is 80.0 Å². The molecule has 4 rings (SSSR count). The van der Waals surface area contributed by atoms with Gasteiger partial charge in [-0.25, -0.2) is 0 Å². The van der Waals surface area contributed by atoms with Crippen molar-refractivity contribution in [1.29, 1.82) is 0 Å². The molecule has 1 aliphatic rings. The molecular weight excluding hydrogens is 474 g/mol. The van der Waals surface area contributed by atoms with Crippen LogP contribution in [0.3, 0.4) is 0 Å². The molecule has 1 atom stereocenters. The zero-order chi connectivity index (χ0) is 22.8. The molecule has 3 aromatic rings. The second-order valence-electron chi connectivity index (χ2n) is 7.45. The van der Waals surface area contributed by atoms with E-state index < -0.39 is 17.7 Å². The highest BCUT2D eigenvalue weighted by atomic mass is 79.9. The normalized spacial score (nSPS) is 17.7. The quantitative estimate of drug-likeness (QED) is 0.287. The van der Waals surface area contributed by atoms with Crippen molar-refractivity contribution in [3.05, 3.63) is 93.4 Å². The molecular formula is C25H22BrNO5. The number of ether oxygens (including phenoxy) is 1. The summed E-state index contributed by atoms with van der Waals surface area (Å²) < 4.78 is 11.3. The molecule has 1 N–H and O–H groups in total. The number of ketones is 1. The Labute approximate surface area is 194 Å². The maximum atomic E-state index is 13.1. The second kappa shape index (κ2) is 9.04. The molecule has 1 aliphatic heterocycles. The number of methoxy groups -OCH3 is 1. The number of aliphatic hydroxyl groups is 1. The van der Waals surface area contributed by atoms with Crippen molar-refractivity contribution >= 4 is 33.4 Å². The van der Waals surface area contributed by atoms with Crippen LogP contribution in [-0.4, -0.2) is 28.8 Å².